The highest BCUT2D eigenvalue weighted by atomic mass is 32.2. The van der Waals surface area contributed by atoms with Crippen LogP contribution in [-0.2, 0) is 10.0 Å². The minimum absolute atomic E-state index is 0.217. The average Bonchev–Trinajstić information content (AvgIpc) is 3.00. The molecule has 1 N–H and O–H groups in total. The minimum Gasteiger partial charge on any atom is -0.298 e. The van der Waals surface area contributed by atoms with Gasteiger partial charge in [0.2, 0.25) is 0 Å². The Balaban J connectivity index is 1.68. The van der Waals surface area contributed by atoms with E-state index in [0.717, 1.165) is 19.5 Å². The molecule has 2 unspecified atom stereocenters. The zero-order chi connectivity index (χ0) is 14.4. The summed E-state index contributed by atoms with van der Waals surface area (Å²) in [5.74, 6) is 0.531. The lowest BCUT2D eigenvalue weighted by Gasteiger charge is -2.31. The molecule has 1 aromatic rings. The van der Waals surface area contributed by atoms with Crippen molar-refractivity contribution in [2.45, 2.75) is 42.7 Å². The van der Waals surface area contributed by atoms with Crippen molar-refractivity contribution >= 4 is 15.9 Å². The molecule has 0 bridgehead atoms. The molecule has 6 heteroatoms. The van der Waals surface area contributed by atoms with Crippen LogP contribution in [0.3, 0.4) is 0 Å². The van der Waals surface area contributed by atoms with E-state index in [1.165, 1.54) is 19.3 Å². The maximum atomic E-state index is 12.1. The highest BCUT2D eigenvalue weighted by molar-refractivity contribution is 7.90. The van der Waals surface area contributed by atoms with E-state index in [1.54, 1.807) is 12.1 Å². The zero-order valence-electron chi connectivity index (χ0n) is 11.8. The van der Waals surface area contributed by atoms with Crippen LogP contribution in [0.15, 0.2) is 34.2 Å². The fourth-order valence-electron chi connectivity index (χ4n) is 3.77. The van der Waals surface area contributed by atoms with Crippen LogP contribution in [0.2, 0.25) is 0 Å². The molecular weight excluding hydrogens is 286 g/mol. The molecule has 3 aliphatic rings. The molecule has 2 fully saturated rings. The molecule has 21 heavy (non-hydrogen) atoms. The largest absolute Gasteiger partial charge is 0.298 e. The standard InChI is InChI=1S/C15H19N3O2S/c19-21(20)14-7-2-1-5-11(14)15(17-21)16-12-8-10-18-9-4-3-6-13(12)18/h1-2,5,7,12-13H,3-4,6,8-10H2,(H,16,17). The Labute approximate surface area is 125 Å². The van der Waals surface area contributed by atoms with Gasteiger partial charge >= 0.3 is 0 Å². The van der Waals surface area contributed by atoms with Crippen molar-refractivity contribution < 1.29 is 8.42 Å². The molecule has 0 radical (unpaired) electrons. The van der Waals surface area contributed by atoms with Gasteiger partial charge in [0.25, 0.3) is 10.0 Å². The summed E-state index contributed by atoms with van der Waals surface area (Å²) >= 11 is 0. The van der Waals surface area contributed by atoms with Crippen LogP contribution >= 0.6 is 0 Å². The molecular formula is C15H19N3O2S. The summed E-state index contributed by atoms with van der Waals surface area (Å²) in [4.78, 5) is 7.64. The molecule has 2 saturated heterocycles. The maximum absolute atomic E-state index is 12.1. The summed E-state index contributed by atoms with van der Waals surface area (Å²) in [6, 6.07) is 7.79. The van der Waals surface area contributed by atoms with Crippen LogP contribution in [0.1, 0.15) is 31.2 Å². The SMILES string of the molecule is O=S1(=O)NC(=NC2CCN3CCCCC23)c2ccccc21. The van der Waals surface area contributed by atoms with E-state index in [1.807, 2.05) is 12.1 Å². The second kappa shape index (κ2) is 4.81. The first-order chi connectivity index (χ1) is 10.1. The first-order valence-electron chi connectivity index (χ1n) is 7.59. The number of nitrogens with one attached hydrogen (secondary N) is 1. The van der Waals surface area contributed by atoms with Gasteiger partial charge in [0, 0.05) is 18.2 Å². The fourth-order valence-corrected chi connectivity index (χ4v) is 5.01. The van der Waals surface area contributed by atoms with Gasteiger partial charge in [-0.25, -0.2) is 8.42 Å². The smallest absolute Gasteiger partial charge is 0.263 e. The van der Waals surface area contributed by atoms with Crippen molar-refractivity contribution in [1.82, 2.24) is 9.62 Å². The fraction of sp³-hybridized carbons (Fsp3) is 0.533. The Morgan fingerprint density at radius 2 is 2.00 bits per heavy atom. The molecule has 2 atom stereocenters. The summed E-state index contributed by atoms with van der Waals surface area (Å²) in [5.41, 5.74) is 0.715. The molecule has 0 amide bonds. The van der Waals surface area contributed by atoms with Gasteiger partial charge in [-0.05, 0) is 37.9 Å². The number of hydrogen-bond donors (Lipinski definition) is 1. The normalized spacial score (nSPS) is 32.7. The average molecular weight is 305 g/mol. The van der Waals surface area contributed by atoms with Crippen molar-refractivity contribution in [2.24, 2.45) is 4.99 Å². The second-order valence-electron chi connectivity index (χ2n) is 6.03. The van der Waals surface area contributed by atoms with Crippen LogP contribution in [0.5, 0.6) is 0 Å². The third-order valence-electron chi connectivity index (χ3n) is 4.78. The molecule has 0 aliphatic carbocycles. The van der Waals surface area contributed by atoms with Crippen molar-refractivity contribution in [2.75, 3.05) is 13.1 Å². The van der Waals surface area contributed by atoms with Gasteiger partial charge in [0.15, 0.2) is 0 Å². The minimum atomic E-state index is -3.42. The predicted molar refractivity (Wildman–Crippen MR) is 80.9 cm³/mol. The summed E-state index contributed by atoms with van der Waals surface area (Å²) < 4.78 is 26.9. The zero-order valence-corrected chi connectivity index (χ0v) is 12.6. The molecule has 3 heterocycles. The summed E-state index contributed by atoms with van der Waals surface area (Å²) in [7, 11) is -3.42. The number of sulfonamides is 1. The molecule has 112 valence electrons. The van der Waals surface area contributed by atoms with Crippen molar-refractivity contribution in [1.29, 1.82) is 0 Å². The maximum Gasteiger partial charge on any atom is 0.263 e. The Kier molecular flexibility index (Phi) is 3.04. The van der Waals surface area contributed by atoms with E-state index in [2.05, 4.69) is 9.62 Å². The van der Waals surface area contributed by atoms with Gasteiger partial charge < -0.3 is 0 Å². The number of benzene rings is 1. The van der Waals surface area contributed by atoms with Crippen LogP contribution in [0.25, 0.3) is 0 Å². The van der Waals surface area contributed by atoms with Crippen LogP contribution < -0.4 is 4.72 Å². The van der Waals surface area contributed by atoms with E-state index in [-0.39, 0.29) is 6.04 Å². The third kappa shape index (κ3) is 2.17. The van der Waals surface area contributed by atoms with Crippen molar-refractivity contribution in [3.63, 3.8) is 0 Å². The van der Waals surface area contributed by atoms with E-state index in [4.69, 9.17) is 4.99 Å². The molecule has 0 spiro atoms. The van der Waals surface area contributed by atoms with Crippen LogP contribution in [-0.4, -0.2) is 44.3 Å². The Morgan fingerprint density at radius 1 is 1.14 bits per heavy atom. The van der Waals surface area contributed by atoms with Crippen LogP contribution in [0, 0.1) is 0 Å². The Bertz CT molecular complexity index is 699. The predicted octanol–water partition coefficient (Wildman–Crippen LogP) is 1.35. The third-order valence-corrected chi connectivity index (χ3v) is 6.18. The molecule has 5 nitrogen and oxygen atoms in total. The highest BCUT2D eigenvalue weighted by Gasteiger charge is 2.37. The number of nitrogens with zero attached hydrogens (tertiary/aromatic N) is 2. The second-order valence-corrected chi connectivity index (χ2v) is 7.69. The van der Waals surface area contributed by atoms with E-state index in [0.29, 0.717) is 22.3 Å². The lowest BCUT2D eigenvalue weighted by molar-refractivity contribution is 0.190. The Morgan fingerprint density at radius 3 is 2.90 bits per heavy atom. The van der Waals surface area contributed by atoms with Gasteiger partial charge in [-0.3, -0.25) is 14.6 Å². The number of amidine groups is 1. The van der Waals surface area contributed by atoms with Crippen molar-refractivity contribution in [3.8, 4) is 0 Å². The molecule has 3 aliphatic heterocycles. The number of hydrogen-bond acceptors (Lipinski definition) is 4. The van der Waals surface area contributed by atoms with E-state index < -0.39 is 10.0 Å². The van der Waals surface area contributed by atoms with Gasteiger partial charge in [0.05, 0.1) is 10.9 Å². The summed E-state index contributed by atoms with van der Waals surface area (Å²) in [6.07, 6.45) is 4.73. The monoisotopic (exact) mass is 305 g/mol. The first-order valence-corrected chi connectivity index (χ1v) is 9.07. The van der Waals surface area contributed by atoms with Gasteiger partial charge in [-0.2, -0.15) is 0 Å². The molecule has 0 saturated carbocycles. The van der Waals surface area contributed by atoms with E-state index >= 15 is 0 Å². The van der Waals surface area contributed by atoms with E-state index in [9.17, 15) is 8.42 Å². The number of aliphatic imine (C=N–C) groups is 1. The van der Waals surface area contributed by atoms with Crippen LogP contribution in [0.4, 0.5) is 0 Å². The summed E-state index contributed by atoms with van der Waals surface area (Å²) in [5, 5.41) is 0. The first kappa shape index (κ1) is 13.3. The topological polar surface area (TPSA) is 61.8 Å². The van der Waals surface area contributed by atoms with Gasteiger partial charge in [-0.1, -0.05) is 18.6 Å². The number of piperidine rings is 1. The molecule has 4 rings (SSSR count). The lowest BCUT2D eigenvalue weighted by atomic mass is 9.99. The highest BCUT2D eigenvalue weighted by Crippen LogP contribution is 2.30. The number of fused-ring (bicyclic) bond motifs is 2. The quantitative estimate of drug-likeness (QED) is 0.852. The van der Waals surface area contributed by atoms with Crippen molar-refractivity contribution in [3.05, 3.63) is 29.8 Å². The van der Waals surface area contributed by atoms with Gasteiger partial charge in [-0.15, -0.1) is 0 Å². The van der Waals surface area contributed by atoms with Gasteiger partial charge in [0.1, 0.15) is 5.84 Å². The molecule has 0 aromatic heterocycles. The lowest BCUT2D eigenvalue weighted by Crippen LogP contribution is -2.39. The summed E-state index contributed by atoms with van der Waals surface area (Å²) in [6.45, 7) is 2.24. The Hall–Kier alpha value is -1.40. The number of rotatable bonds is 1. The molecule has 1 aromatic carbocycles.